The van der Waals surface area contributed by atoms with Gasteiger partial charge in [0.15, 0.2) is 0 Å². The van der Waals surface area contributed by atoms with Gasteiger partial charge in [0.2, 0.25) is 11.8 Å². The Labute approximate surface area is 195 Å². The van der Waals surface area contributed by atoms with Crippen molar-refractivity contribution in [1.29, 1.82) is 0 Å². The van der Waals surface area contributed by atoms with Gasteiger partial charge in [-0.2, -0.15) is 0 Å². The molecule has 33 heavy (non-hydrogen) atoms. The van der Waals surface area contributed by atoms with Crippen molar-refractivity contribution in [2.24, 2.45) is 0 Å². The third-order valence-electron chi connectivity index (χ3n) is 7.61. The molecule has 0 saturated carbocycles. The predicted molar refractivity (Wildman–Crippen MR) is 127 cm³/mol. The number of likely N-dealkylation sites (tertiary alicyclic amines) is 2. The highest BCUT2D eigenvalue weighted by molar-refractivity contribution is 5.94. The summed E-state index contributed by atoms with van der Waals surface area (Å²) in [6.45, 7) is 5.85. The van der Waals surface area contributed by atoms with Crippen molar-refractivity contribution in [3.05, 3.63) is 53.0 Å². The third kappa shape index (κ3) is 4.51. The molecule has 2 amide bonds. The van der Waals surface area contributed by atoms with Crippen molar-refractivity contribution in [3.8, 4) is 0 Å². The maximum absolute atomic E-state index is 13.0. The van der Waals surface area contributed by atoms with Gasteiger partial charge < -0.3 is 4.90 Å². The first-order chi connectivity index (χ1) is 16.0. The minimum atomic E-state index is 0.103. The largest absolute Gasteiger partial charge is 0.341 e. The van der Waals surface area contributed by atoms with Crippen LogP contribution in [0.15, 0.2) is 30.3 Å². The molecule has 0 N–H and O–H groups in total. The zero-order valence-electron chi connectivity index (χ0n) is 19.7. The smallest absolute Gasteiger partial charge is 0.236 e. The molecule has 5 rings (SSSR count). The van der Waals surface area contributed by atoms with Crippen LogP contribution in [0.3, 0.4) is 0 Å². The maximum atomic E-state index is 13.0. The van der Waals surface area contributed by atoms with Crippen molar-refractivity contribution in [2.75, 3.05) is 44.7 Å². The minimum Gasteiger partial charge on any atom is -0.341 e. The lowest BCUT2D eigenvalue weighted by atomic mass is 9.89. The van der Waals surface area contributed by atoms with Crippen LogP contribution in [-0.2, 0) is 16.0 Å². The van der Waals surface area contributed by atoms with Crippen LogP contribution in [0, 0.1) is 6.92 Å². The second-order valence-electron chi connectivity index (χ2n) is 9.71. The van der Waals surface area contributed by atoms with Gasteiger partial charge in [-0.05, 0) is 57.2 Å². The van der Waals surface area contributed by atoms with Crippen molar-refractivity contribution in [3.63, 3.8) is 0 Å². The van der Waals surface area contributed by atoms with E-state index in [1.54, 1.807) is 11.9 Å². The Bertz CT molecular complexity index is 1030. The van der Waals surface area contributed by atoms with E-state index in [9.17, 15) is 9.59 Å². The van der Waals surface area contributed by atoms with Crippen LogP contribution in [0.1, 0.15) is 60.2 Å². The maximum Gasteiger partial charge on any atom is 0.236 e. The van der Waals surface area contributed by atoms with Gasteiger partial charge in [0.25, 0.3) is 0 Å². The van der Waals surface area contributed by atoms with Crippen LogP contribution >= 0.6 is 0 Å². The molecule has 0 radical (unpaired) electrons. The van der Waals surface area contributed by atoms with Crippen LogP contribution < -0.4 is 4.90 Å². The first-order valence-corrected chi connectivity index (χ1v) is 12.2. The van der Waals surface area contributed by atoms with Crippen molar-refractivity contribution < 1.29 is 9.59 Å². The van der Waals surface area contributed by atoms with Gasteiger partial charge in [-0.1, -0.05) is 30.3 Å². The number of carbonyl (C=O) groups is 2. The lowest BCUT2D eigenvalue weighted by Gasteiger charge is -2.32. The summed E-state index contributed by atoms with van der Waals surface area (Å²) in [5, 5.41) is 0. The summed E-state index contributed by atoms with van der Waals surface area (Å²) in [5.41, 5.74) is 3.45. The normalized spacial score (nSPS) is 22.0. The van der Waals surface area contributed by atoms with Crippen LogP contribution in [0.2, 0.25) is 0 Å². The molecule has 1 atom stereocenters. The molecule has 0 spiro atoms. The van der Waals surface area contributed by atoms with E-state index in [0.717, 1.165) is 61.8 Å². The molecule has 3 aliphatic heterocycles. The van der Waals surface area contributed by atoms with Crippen LogP contribution in [0.4, 0.5) is 5.82 Å². The zero-order valence-corrected chi connectivity index (χ0v) is 19.7. The molecule has 7 nitrogen and oxygen atoms in total. The Kier molecular flexibility index (Phi) is 6.15. The first-order valence-electron chi connectivity index (χ1n) is 12.2. The Morgan fingerprint density at radius 3 is 2.48 bits per heavy atom. The van der Waals surface area contributed by atoms with Crippen LogP contribution in [0.25, 0.3) is 0 Å². The van der Waals surface area contributed by atoms with Gasteiger partial charge in [0, 0.05) is 43.7 Å². The fourth-order valence-electron chi connectivity index (χ4n) is 5.51. The highest BCUT2D eigenvalue weighted by Crippen LogP contribution is 2.32. The summed E-state index contributed by atoms with van der Waals surface area (Å²) in [4.78, 5) is 40.7. The molecular weight excluding hydrogens is 414 g/mol. The van der Waals surface area contributed by atoms with Crippen molar-refractivity contribution >= 4 is 17.6 Å². The SMILES string of the molecule is Cc1nc([C@@H]2CCN(C(=O)CN3CCC(c4ccccc4)CC3)C2)nc2c1CCC(=O)N2C. The summed E-state index contributed by atoms with van der Waals surface area (Å²) in [6, 6.07) is 10.7. The standard InChI is InChI=1S/C26H33N5O2/c1-18-22-8-9-23(32)29(2)26(22)28-25(27-18)21-12-15-31(16-21)24(33)17-30-13-10-20(11-14-30)19-6-4-3-5-7-19/h3-7,20-21H,8-17H2,1-2H3/t21-/m1/s1. The lowest BCUT2D eigenvalue weighted by Crippen LogP contribution is -2.42. The van der Waals surface area contributed by atoms with Crippen LogP contribution in [-0.4, -0.2) is 71.4 Å². The fourth-order valence-corrected chi connectivity index (χ4v) is 5.51. The lowest BCUT2D eigenvalue weighted by molar-refractivity contribution is -0.131. The molecule has 1 aromatic heterocycles. The summed E-state index contributed by atoms with van der Waals surface area (Å²) in [5.74, 6) is 2.56. The number of fused-ring (bicyclic) bond motifs is 1. The van der Waals surface area contributed by atoms with Crippen LogP contribution in [0.5, 0.6) is 0 Å². The number of rotatable bonds is 4. The number of aryl methyl sites for hydroxylation is 1. The minimum absolute atomic E-state index is 0.103. The highest BCUT2D eigenvalue weighted by Gasteiger charge is 2.33. The summed E-state index contributed by atoms with van der Waals surface area (Å²) < 4.78 is 0. The van der Waals surface area contributed by atoms with Gasteiger partial charge in [0.1, 0.15) is 11.6 Å². The fraction of sp³-hybridized carbons (Fsp3) is 0.538. The van der Waals surface area contributed by atoms with E-state index < -0.39 is 0 Å². The Morgan fingerprint density at radius 1 is 1.00 bits per heavy atom. The Hall–Kier alpha value is -2.80. The second kappa shape index (κ2) is 9.21. The molecule has 0 aliphatic carbocycles. The number of carbonyl (C=O) groups excluding carboxylic acids is 2. The van der Waals surface area contributed by atoms with Gasteiger partial charge >= 0.3 is 0 Å². The number of hydrogen-bond acceptors (Lipinski definition) is 5. The van der Waals surface area contributed by atoms with Gasteiger partial charge in [-0.3, -0.25) is 19.4 Å². The Morgan fingerprint density at radius 2 is 1.73 bits per heavy atom. The number of aromatic nitrogens is 2. The molecule has 174 valence electrons. The van der Waals surface area contributed by atoms with E-state index in [4.69, 9.17) is 9.97 Å². The topological polar surface area (TPSA) is 69.6 Å². The number of amides is 2. The molecule has 1 aromatic carbocycles. The molecule has 3 aliphatic rings. The number of anilines is 1. The van der Waals surface area contributed by atoms with E-state index in [1.807, 2.05) is 11.8 Å². The van der Waals surface area contributed by atoms with E-state index in [2.05, 4.69) is 35.2 Å². The number of hydrogen-bond donors (Lipinski definition) is 0. The summed E-state index contributed by atoms with van der Waals surface area (Å²) >= 11 is 0. The molecule has 0 unspecified atom stereocenters. The molecule has 2 saturated heterocycles. The molecule has 2 fully saturated rings. The number of nitrogens with zero attached hydrogens (tertiary/aromatic N) is 5. The molecule has 7 heteroatoms. The van der Waals surface area contributed by atoms with Gasteiger partial charge in [-0.25, -0.2) is 9.97 Å². The van der Waals surface area contributed by atoms with Crippen molar-refractivity contribution in [2.45, 2.75) is 50.9 Å². The average molecular weight is 448 g/mol. The van der Waals surface area contributed by atoms with Gasteiger partial charge in [-0.15, -0.1) is 0 Å². The van der Waals surface area contributed by atoms with Crippen molar-refractivity contribution in [1.82, 2.24) is 19.8 Å². The quantitative estimate of drug-likeness (QED) is 0.721. The zero-order chi connectivity index (χ0) is 22.9. The van der Waals surface area contributed by atoms with E-state index in [-0.39, 0.29) is 17.7 Å². The highest BCUT2D eigenvalue weighted by atomic mass is 16.2. The second-order valence-corrected chi connectivity index (χ2v) is 9.71. The monoisotopic (exact) mass is 447 g/mol. The molecule has 4 heterocycles. The average Bonchev–Trinajstić information content (AvgIpc) is 3.33. The van der Waals surface area contributed by atoms with E-state index >= 15 is 0 Å². The molecular formula is C26H33N5O2. The predicted octanol–water partition coefficient (Wildman–Crippen LogP) is 2.89. The number of benzene rings is 1. The van der Waals surface area contributed by atoms with E-state index in [1.165, 1.54) is 5.56 Å². The third-order valence-corrected chi connectivity index (χ3v) is 7.61. The van der Waals surface area contributed by atoms with Gasteiger partial charge in [0.05, 0.1) is 6.54 Å². The molecule has 2 aromatic rings. The number of piperidine rings is 1. The Balaban J connectivity index is 1.18. The molecule has 0 bridgehead atoms. The summed E-state index contributed by atoms with van der Waals surface area (Å²) in [7, 11) is 1.79. The van der Waals surface area contributed by atoms with E-state index in [0.29, 0.717) is 31.8 Å². The summed E-state index contributed by atoms with van der Waals surface area (Å²) in [6.07, 6.45) is 4.31. The first kappa shape index (κ1) is 22.0.